The second-order valence-corrected chi connectivity index (χ2v) is 3.71. The van der Waals surface area contributed by atoms with E-state index in [1.807, 2.05) is 0 Å². The number of amides is 1. The minimum atomic E-state index is -0.467. The molecule has 0 saturated heterocycles. The second-order valence-electron chi connectivity index (χ2n) is 3.31. The maximum atomic E-state index is 12.0. The van der Waals surface area contributed by atoms with Crippen molar-refractivity contribution in [2.75, 3.05) is 32.0 Å². The predicted molar refractivity (Wildman–Crippen MR) is 63.7 cm³/mol. The lowest BCUT2D eigenvalue weighted by Gasteiger charge is -2.20. The van der Waals surface area contributed by atoms with Crippen LogP contribution in [0.4, 0.5) is 5.82 Å². The fourth-order valence-corrected chi connectivity index (χ4v) is 1.50. The monoisotopic (exact) mass is 259 g/mol. The Hall–Kier alpha value is -1.37. The van der Waals surface area contributed by atoms with Crippen LogP contribution < -0.4 is 5.73 Å². The first kappa shape index (κ1) is 13.7. The van der Waals surface area contributed by atoms with Gasteiger partial charge in [0.05, 0.1) is 18.2 Å². The second kappa shape index (κ2) is 6.39. The largest absolute Gasteiger partial charge is 0.395 e. The molecule has 0 spiro atoms. The SMILES string of the molecule is Nc1ccc(Cl)c(C(=O)N(CCO)CCO)n1. The van der Waals surface area contributed by atoms with Gasteiger partial charge in [-0.1, -0.05) is 11.6 Å². The highest BCUT2D eigenvalue weighted by Crippen LogP contribution is 2.17. The summed E-state index contributed by atoms with van der Waals surface area (Å²) in [5.74, 6) is -0.281. The number of aliphatic hydroxyl groups is 2. The van der Waals surface area contributed by atoms with Crippen LogP contribution in [0.2, 0.25) is 5.02 Å². The molecule has 17 heavy (non-hydrogen) atoms. The fraction of sp³-hybridized carbons (Fsp3) is 0.400. The quantitative estimate of drug-likeness (QED) is 0.677. The fourth-order valence-electron chi connectivity index (χ4n) is 1.31. The lowest BCUT2D eigenvalue weighted by molar-refractivity contribution is 0.0679. The van der Waals surface area contributed by atoms with E-state index in [2.05, 4.69) is 4.98 Å². The van der Waals surface area contributed by atoms with Crippen molar-refractivity contribution in [3.8, 4) is 0 Å². The van der Waals surface area contributed by atoms with Gasteiger partial charge in [-0.3, -0.25) is 4.79 Å². The Balaban J connectivity index is 2.95. The molecule has 4 N–H and O–H groups in total. The van der Waals surface area contributed by atoms with Gasteiger partial charge >= 0.3 is 0 Å². The van der Waals surface area contributed by atoms with Crippen LogP contribution in [0.15, 0.2) is 12.1 Å². The number of aliphatic hydroxyl groups excluding tert-OH is 2. The van der Waals surface area contributed by atoms with Crippen molar-refractivity contribution in [1.29, 1.82) is 0 Å². The van der Waals surface area contributed by atoms with Crippen LogP contribution in [0.1, 0.15) is 10.5 Å². The number of hydrogen-bond donors (Lipinski definition) is 3. The summed E-state index contributed by atoms with van der Waals surface area (Å²) in [7, 11) is 0. The summed E-state index contributed by atoms with van der Waals surface area (Å²) in [5, 5.41) is 17.8. The van der Waals surface area contributed by atoms with Gasteiger partial charge in [0, 0.05) is 13.1 Å². The molecular formula is C10H14ClN3O3. The first-order valence-corrected chi connectivity index (χ1v) is 5.41. The molecule has 0 aromatic carbocycles. The Kier molecular flexibility index (Phi) is 5.14. The molecule has 0 radical (unpaired) electrons. The lowest BCUT2D eigenvalue weighted by Crippen LogP contribution is -2.36. The average molecular weight is 260 g/mol. The maximum Gasteiger partial charge on any atom is 0.274 e. The number of nitrogen functional groups attached to an aromatic ring is 1. The van der Waals surface area contributed by atoms with Gasteiger partial charge in [-0.25, -0.2) is 4.98 Å². The van der Waals surface area contributed by atoms with E-state index >= 15 is 0 Å². The molecule has 1 heterocycles. The van der Waals surface area contributed by atoms with Gasteiger partial charge in [0.1, 0.15) is 11.5 Å². The van der Waals surface area contributed by atoms with E-state index < -0.39 is 5.91 Å². The van der Waals surface area contributed by atoms with Crippen LogP contribution in [0.25, 0.3) is 0 Å². The van der Waals surface area contributed by atoms with Gasteiger partial charge in [-0.05, 0) is 12.1 Å². The molecule has 0 saturated carbocycles. The van der Waals surface area contributed by atoms with Crippen molar-refractivity contribution >= 4 is 23.3 Å². The minimum absolute atomic E-state index is 0.0218. The van der Waals surface area contributed by atoms with Crippen LogP contribution in [0, 0.1) is 0 Å². The number of anilines is 1. The van der Waals surface area contributed by atoms with E-state index in [0.717, 1.165) is 0 Å². The van der Waals surface area contributed by atoms with Crippen LogP contribution in [-0.2, 0) is 0 Å². The van der Waals surface area contributed by atoms with Gasteiger partial charge in [0.25, 0.3) is 5.91 Å². The molecule has 1 aromatic heterocycles. The normalized spacial score (nSPS) is 10.3. The van der Waals surface area contributed by atoms with E-state index in [-0.39, 0.29) is 42.8 Å². The summed E-state index contributed by atoms with van der Waals surface area (Å²) in [4.78, 5) is 17.1. The number of rotatable bonds is 5. The third-order valence-corrected chi connectivity index (χ3v) is 2.40. The molecule has 1 aromatic rings. The third kappa shape index (κ3) is 3.55. The summed E-state index contributed by atoms with van der Waals surface area (Å²) >= 11 is 5.84. The number of pyridine rings is 1. The minimum Gasteiger partial charge on any atom is -0.395 e. The first-order valence-electron chi connectivity index (χ1n) is 5.03. The Morgan fingerprint density at radius 2 is 1.94 bits per heavy atom. The van der Waals surface area contributed by atoms with E-state index in [9.17, 15) is 4.79 Å². The Labute approximate surface area is 104 Å². The van der Waals surface area contributed by atoms with Crippen LogP contribution in [0.3, 0.4) is 0 Å². The van der Waals surface area contributed by atoms with Crippen molar-refractivity contribution in [2.24, 2.45) is 0 Å². The molecule has 0 unspecified atom stereocenters. The zero-order chi connectivity index (χ0) is 12.8. The summed E-state index contributed by atoms with van der Waals surface area (Å²) in [6.07, 6.45) is 0. The number of nitrogens with zero attached hydrogens (tertiary/aromatic N) is 2. The van der Waals surface area contributed by atoms with Gasteiger partial charge < -0.3 is 20.8 Å². The van der Waals surface area contributed by atoms with Crippen molar-refractivity contribution in [3.05, 3.63) is 22.8 Å². The number of hydrogen-bond acceptors (Lipinski definition) is 5. The van der Waals surface area contributed by atoms with Crippen LogP contribution >= 0.6 is 11.6 Å². The van der Waals surface area contributed by atoms with E-state index in [4.69, 9.17) is 27.5 Å². The van der Waals surface area contributed by atoms with E-state index in [1.165, 1.54) is 17.0 Å². The molecule has 0 aliphatic heterocycles. The molecule has 0 aliphatic carbocycles. The maximum absolute atomic E-state index is 12.0. The average Bonchev–Trinajstić information content (AvgIpc) is 2.31. The van der Waals surface area contributed by atoms with Crippen molar-refractivity contribution in [3.63, 3.8) is 0 Å². The third-order valence-electron chi connectivity index (χ3n) is 2.10. The standard InChI is InChI=1S/C10H14ClN3O3/c11-7-1-2-8(12)13-9(7)10(17)14(3-5-15)4-6-16/h1-2,15-16H,3-6H2,(H2,12,13). The Morgan fingerprint density at radius 1 is 1.35 bits per heavy atom. The molecule has 0 atom stereocenters. The highest BCUT2D eigenvalue weighted by Gasteiger charge is 2.19. The molecule has 0 bridgehead atoms. The number of nitrogens with two attached hydrogens (primary N) is 1. The molecule has 0 fully saturated rings. The first-order chi connectivity index (χ1) is 8.10. The lowest BCUT2D eigenvalue weighted by atomic mass is 10.3. The number of aromatic nitrogens is 1. The van der Waals surface area contributed by atoms with Crippen LogP contribution in [-0.4, -0.2) is 52.3 Å². The van der Waals surface area contributed by atoms with Gasteiger partial charge in [0.2, 0.25) is 0 Å². The van der Waals surface area contributed by atoms with E-state index in [1.54, 1.807) is 0 Å². The van der Waals surface area contributed by atoms with Crippen LogP contribution in [0.5, 0.6) is 0 Å². The molecule has 6 nitrogen and oxygen atoms in total. The van der Waals surface area contributed by atoms with Gasteiger partial charge in [-0.2, -0.15) is 0 Å². The number of halogens is 1. The number of carbonyl (C=O) groups is 1. The van der Waals surface area contributed by atoms with Gasteiger partial charge in [0.15, 0.2) is 0 Å². The smallest absolute Gasteiger partial charge is 0.274 e. The summed E-state index contributed by atoms with van der Waals surface area (Å²) in [6, 6.07) is 2.97. The molecular weight excluding hydrogens is 246 g/mol. The van der Waals surface area contributed by atoms with Gasteiger partial charge in [-0.15, -0.1) is 0 Å². The van der Waals surface area contributed by atoms with Crippen molar-refractivity contribution in [1.82, 2.24) is 9.88 Å². The highest BCUT2D eigenvalue weighted by atomic mass is 35.5. The molecule has 7 heteroatoms. The van der Waals surface area contributed by atoms with Crippen molar-refractivity contribution in [2.45, 2.75) is 0 Å². The van der Waals surface area contributed by atoms with Crippen molar-refractivity contribution < 1.29 is 15.0 Å². The Bertz CT molecular complexity index is 394. The molecule has 1 rings (SSSR count). The summed E-state index contributed by atoms with van der Waals surface area (Å²) in [5.41, 5.74) is 5.50. The zero-order valence-electron chi connectivity index (χ0n) is 9.14. The summed E-state index contributed by atoms with van der Waals surface area (Å²) in [6.45, 7) is -0.199. The molecule has 94 valence electrons. The molecule has 0 aliphatic rings. The Morgan fingerprint density at radius 3 is 2.47 bits per heavy atom. The predicted octanol–water partition coefficient (Wildman–Crippen LogP) is -0.256. The van der Waals surface area contributed by atoms with E-state index in [0.29, 0.717) is 0 Å². The topological polar surface area (TPSA) is 99.7 Å². The number of carbonyl (C=O) groups excluding carboxylic acids is 1. The highest BCUT2D eigenvalue weighted by molar-refractivity contribution is 6.33. The zero-order valence-corrected chi connectivity index (χ0v) is 9.89. The molecule has 1 amide bonds. The summed E-state index contributed by atoms with van der Waals surface area (Å²) < 4.78 is 0.